The number of nitrogens with zero attached hydrogens (tertiary/aromatic N) is 3. The highest BCUT2D eigenvalue weighted by atomic mass is 16.5. The molecule has 0 aliphatic carbocycles. The van der Waals surface area contributed by atoms with Crippen molar-refractivity contribution in [3.8, 4) is 5.69 Å². The average molecular weight is 418 g/mol. The summed E-state index contributed by atoms with van der Waals surface area (Å²) in [5.74, 6) is 0.165. The van der Waals surface area contributed by atoms with E-state index >= 15 is 0 Å². The van der Waals surface area contributed by atoms with Gasteiger partial charge in [0.25, 0.3) is 0 Å². The predicted molar refractivity (Wildman–Crippen MR) is 123 cm³/mol. The van der Waals surface area contributed by atoms with Crippen LogP contribution in [0.4, 0.5) is 0 Å². The van der Waals surface area contributed by atoms with Crippen molar-refractivity contribution in [3.63, 3.8) is 0 Å². The van der Waals surface area contributed by atoms with Crippen molar-refractivity contribution in [2.24, 2.45) is 0 Å². The van der Waals surface area contributed by atoms with Gasteiger partial charge in [0, 0.05) is 50.3 Å². The van der Waals surface area contributed by atoms with E-state index in [1.165, 1.54) is 0 Å². The Kier molecular flexibility index (Phi) is 7.18. The molecule has 162 valence electrons. The van der Waals surface area contributed by atoms with E-state index in [2.05, 4.69) is 52.8 Å². The second kappa shape index (κ2) is 10.4. The fourth-order valence-corrected chi connectivity index (χ4v) is 4.09. The molecule has 1 amide bonds. The molecule has 0 radical (unpaired) electrons. The molecule has 0 spiro atoms. The summed E-state index contributed by atoms with van der Waals surface area (Å²) in [7, 11) is 0. The van der Waals surface area contributed by atoms with Crippen LogP contribution in [0.2, 0.25) is 0 Å². The molecule has 1 fully saturated rings. The minimum atomic E-state index is 0.130. The zero-order valence-electron chi connectivity index (χ0n) is 18.2. The van der Waals surface area contributed by atoms with Gasteiger partial charge in [-0.2, -0.15) is 0 Å². The van der Waals surface area contributed by atoms with Gasteiger partial charge < -0.3 is 14.2 Å². The number of hydrogen-bond acceptors (Lipinski definition) is 3. The summed E-state index contributed by atoms with van der Waals surface area (Å²) in [6, 6.07) is 22.7. The number of carbonyl (C=O) groups excluding carboxylic acids is 1. The van der Waals surface area contributed by atoms with E-state index in [0.29, 0.717) is 13.0 Å². The van der Waals surface area contributed by atoms with Crippen LogP contribution in [-0.4, -0.2) is 59.2 Å². The van der Waals surface area contributed by atoms with Crippen molar-refractivity contribution >= 4 is 5.91 Å². The fourth-order valence-electron chi connectivity index (χ4n) is 4.09. The summed E-state index contributed by atoms with van der Waals surface area (Å²) >= 11 is 0. The minimum Gasteiger partial charge on any atom is -0.379 e. The molecule has 5 heteroatoms. The van der Waals surface area contributed by atoms with Gasteiger partial charge in [0.2, 0.25) is 5.91 Å². The molecule has 2 heterocycles. The van der Waals surface area contributed by atoms with E-state index < -0.39 is 0 Å². The lowest BCUT2D eigenvalue weighted by Crippen LogP contribution is -2.48. The molecule has 5 nitrogen and oxygen atoms in total. The summed E-state index contributed by atoms with van der Waals surface area (Å²) in [4.78, 5) is 17.8. The molecule has 1 aliphatic heterocycles. The highest BCUT2D eigenvalue weighted by Gasteiger charge is 2.23. The minimum absolute atomic E-state index is 0.130. The average Bonchev–Trinajstić information content (AvgIpc) is 3.34. The molecule has 0 saturated carbocycles. The Hall–Kier alpha value is -2.89. The largest absolute Gasteiger partial charge is 0.379 e. The summed E-state index contributed by atoms with van der Waals surface area (Å²) in [5.41, 5.74) is 3.30. The van der Waals surface area contributed by atoms with Crippen molar-refractivity contribution in [2.75, 3.05) is 32.8 Å². The number of ether oxygens (including phenoxy) is 1. The van der Waals surface area contributed by atoms with Crippen LogP contribution >= 0.6 is 0 Å². The third-order valence-electron chi connectivity index (χ3n) is 5.87. The third kappa shape index (κ3) is 5.84. The second-order valence-corrected chi connectivity index (χ2v) is 8.20. The smallest absolute Gasteiger partial charge is 0.227 e. The number of carbonyl (C=O) groups is 1. The monoisotopic (exact) mass is 417 g/mol. The summed E-state index contributed by atoms with van der Waals surface area (Å²) < 4.78 is 7.54. The van der Waals surface area contributed by atoms with Gasteiger partial charge in [-0.3, -0.25) is 9.69 Å². The quantitative estimate of drug-likeness (QED) is 0.560. The van der Waals surface area contributed by atoms with Crippen LogP contribution in [0, 0.1) is 0 Å². The number of aromatic nitrogens is 1. The molecule has 1 aromatic heterocycles. The lowest BCUT2D eigenvalue weighted by atomic mass is 10.1. The Labute approximate surface area is 184 Å². The Morgan fingerprint density at radius 3 is 2.29 bits per heavy atom. The van der Waals surface area contributed by atoms with Crippen molar-refractivity contribution in [3.05, 3.63) is 90.3 Å². The first-order valence-electron chi connectivity index (χ1n) is 11.0. The van der Waals surface area contributed by atoms with Crippen LogP contribution < -0.4 is 0 Å². The van der Waals surface area contributed by atoms with E-state index in [9.17, 15) is 4.79 Å². The van der Waals surface area contributed by atoms with Crippen molar-refractivity contribution < 1.29 is 9.53 Å². The van der Waals surface area contributed by atoms with Crippen molar-refractivity contribution in [1.82, 2.24) is 14.4 Å². The van der Waals surface area contributed by atoms with Gasteiger partial charge in [-0.1, -0.05) is 42.5 Å². The normalized spacial score (nSPS) is 15.5. The first-order chi connectivity index (χ1) is 15.2. The number of amides is 1. The summed E-state index contributed by atoms with van der Waals surface area (Å²) in [5, 5.41) is 0. The molecular formula is C26H31N3O2. The van der Waals surface area contributed by atoms with E-state index in [1.807, 2.05) is 47.6 Å². The lowest BCUT2D eigenvalue weighted by Gasteiger charge is -2.35. The number of hydrogen-bond donors (Lipinski definition) is 0. The van der Waals surface area contributed by atoms with Crippen LogP contribution in [0.3, 0.4) is 0 Å². The maximum absolute atomic E-state index is 13.4. The molecule has 1 saturated heterocycles. The Balaban J connectivity index is 1.45. The predicted octanol–water partition coefficient (Wildman–Crippen LogP) is 3.77. The van der Waals surface area contributed by atoms with Crippen molar-refractivity contribution in [2.45, 2.75) is 25.9 Å². The zero-order chi connectivity index (χ0) is 21.5. The molecule has 1 aliphatic rings. The van der Waals surface area contributed by atoms with E-state index in [-0.39, 0.29) is 11.9 Å². The van der Waals surface area contributed by atoms with Crippen LogP contribution in [-0.2, 0) is 22.5 Å². The van der Waals surface area contributed by atoms with Gasteiger partial charge in [0.1, 0.15) is 0 Å². The first kappa shape index (κ1) is 21.3. The molecule has 4 rings (SSSR count). The molecule has 0 bridgehead atoms. The van der Waals surface area contributed by atoms with Gasteiger partial charge in [0.15, 0.2) is 0 Å². The second-order valence-electron chi connectivity index (χ2n) is 8.20. The first-order valence-corrected chi connectivity index (χ1v) is 11.0. The molecule has 2 aromatic carbocycles. The molecule has 3 aromatic rings. The number of rotatable bonds is 8. The van der Waals surface area contributed by atoms with Gasteiger partial charge in [0.05, 0.1) is 19.6 Å². The molecule has 31 heavy (non-hydrogen) atoms. The summed E-state index contributed by atoms with van der Waals surface area (Å²) in [6.07, 6.45) is 4.45. The third-order valence-corrected chi connectivity index (χ3v) is 5.87. The standard InChI is InChI=1S/C26H31N3O2/c1-22(20-27-15-17-31-18-16-27)29(21-24-7-3-2-4-8-24)26(30)19-23-9-11-25(12-10-23)28-13-5-6-14-28/h2-14,22H,15-21H2,1H3. The zero-order valence-corrected chi connectivity index (χ0v) is 18.2. The SMILES string of the molecule is CC(CN1CCOCC1)N(Cc1ccccc1)C(=O)Cc1ccc(-n2cccc2)cc1. The fraction of sp³-hybridized carbons (Fsp3) is 0.346. The van der Waals surface area contributed by atoms with E-state index in [4.69, 9.17) is 4.74 Å². The lowest BCUT2D eigenvalue weighted by molar-refractivity contribution is -0.133. The van der Waals surface area contributed by atoms with Gasteiger partial charge in [-0.15, -0.1) is 0 Å². The highest BCUT2D eigenvalue weighted by molar-refractivity contribution is 5.79. The Morgan fingerprint density at radius 1 is 0.935 bits per heavy atom. The Bertz CT molecular complexity index is 933. The number of morpholine rings is 1. The van der Waals surface area contributed by atoms with Crippen LogP contribution in [0.1, 0.15) is 18.1 Å². The van der Waals surface area contributed by atoms with Crippen LogP contribution in [0.15, 0.2) is 79.1 Å². The van der Waals surface area contributed by atoms with E-state index in [1.54, 1.807) is 0 Å². The van der Waals surface area contributed by atoms with Gasteiger partial charge in [-0.25, -0.2) is 0 Å². The molecular weight excluding hydrogens is 386 g/mol. The molecule has 1 atom stereocenters. The highest BCUT2D eigenvalue weighted by Crippen LogP contribution is 2.15. The van der Waals surface area contributed by atoms with E-state index in [0.717, 1.165) is 49.7 Å². The Morgan fingerprint density at radius 2 is 1.61 bits per heavy atom. The maximum atomic E-state index is 13.4. The summed E-state index contributed by atoms with van der Waals surface area (Å²) in [6.45, 7) is 7.06. The number of benzene rings is 2. The van der Waals surface area contributed by atoms with Gasteiger partial charge in [-0.05, 0) is 42.3 Å². The van der Waals surface area contributed by atoms with Gasteiger partial charge >= 0.3 is 0 Å². The van der Waals surface area contributed by atoms with Crippen LogP contribution in [0.5, 0.6) is 0 Å². The van der Waals surface area contributed by atoms with Crippen LogP contribution in [0.25, 0.3) is 5.69 Å². The molecule has 1 unspecified atom stereocenters. The maximum Gasteiger partial charge on any atom is 0.227 e. The topological polar surface area (TPSA) is 37.7 Å². The molecule has 0 N–H and O–H groups in total. The van der Waals surface area contributed by atoms with Crippen molar-refractivity contribution in [1.29, 1.82) is 0 Å².